The molecule has 3 unspecified atom stereocenters. The number of aliphatic hydroxyl groups excluding tert-OH is 1. The van der Waals surface area contributed by atoms with Crippen molar-refractivity contribution in [2.75, 3.05) is 0 Å². The number of hydrogen-bond donors (Lipinski definition) is 1. The largest absolute Gasteiger partial charge is 0.388 e. The van der Waals surface area contributed by atoms with Crippen molar-refractivity contribution in [1.29, 1.82) is 0 Å². The lowest BCUT2D eigenvalue weighted by Crippen LogP contribution is -2.24. The van der Waals surface area contributed by atoms with Gasteiger partial charge in [0.1, 0.15) is 0 Å². The molecule has 1 fully saturated rings. The Morgan fingerprint density at radius 3 is 2.28 bits per heavy atom. The molecule has 3 heteroatoms. The Morgan fingerprint density at radius 2 is 1.72 bits per heavy atom. The summed E-state index contributed by atoms with van der Waals surface area (Å²) in [5, 5.41) is 11.7. The van der Waals surface area contributed by atoms with Gasteiger partial charge in [-0.05, 0) is 54.7 Å². The van der Waals surface area contributed by atoms with Crippen molar-refractivity contribution in [1.82, 2.24) is 0 Å². The molecule has 0 radical (unpaired) electrons. The van der Waals surface area contributed by atoms with Gasteiger partial charge >= 0.3 is 0 Å². The summed E-state index contributed by atoms with van der Waals surface area (Å²) in [4.78, 5) is 0. The molecule has 1 aliphatic rings. The second kappa shape index (κ2) is 5.81. The Bertz CT molecular complexity index is 409. The zero-order valence-electron chi connectivity index (χ0n) is 10.9. The van der Waals surface area contributed by atoms with Crippen molar-refractivity contribution < 1.29 is 5.11 Å². The lowest BCUT2D eigenvalue weighted by atomic mass is 9.73. The quantitative estimate of drug-likeness (QED) is 0.802. The van der Waals surface area contributed by atoms with Crippen LogP contribution in [0.2, 0.25) is 10.0 Å². The molecule has 1 nitrogen and oxygen atoms in total. The molecular formula is C15H20Cl2O. The molecule has 3 atom stereocenters. The summed E-state index contributed by atoms with van der Waals surface area (Å²) in [5.74, 6) is 1.67. The molecule has 1 aliphatic carbocycles. The van der Waals surface area contributed by atoms with Gasteiger partial charge in [0.2, 0.25) is 0 Å². The van der Waals surface area contributed by atoms with Gasteiger partial charge in [-0.25, -0.2) is 0 Å². The fourth-order valence-corrected chi connectivity index (χ4v) is 3.78. The summed E-state index contributed by atoms with van der Waals surface area (Å²) in [6, 6.07) is 5.35. The first kappa shape index (κ1) is 14.2. The van der Waals surface area contributed by atoms with E-state index in [4.69, 9.17) is 23.2 Å². The zero-order chi connectivity index (χ0) is 13.3. The van der Waals surface area contributed by atoms with Crippen LogP contribution >= 0.6 is 23.2 Å². The van der Waals surface area contributed by atoms with Crippen LogP contribution in [0.3, 0.4) is 0 Å². The molecule has 18 heavy (non-hydrogen) atoms. The summed E-state index contributed by atoms with van der Waals surface area (Å²) in [6.07, 6.45) is 2.94. The van der Waals surface area contributed by atoms with Crippen molar-refractivity contribution in [3.05, 3.63) is 33.8 Å². The van der Waals surface area contributed by atoms with E-state index in [9.17, 15) is 5.11 Å². The molecule has 0 amide bonds. The minimum atomic E-state index is -0.472. The zero-order valence-corrected chi connectivity index (χ0v) is 12.4. The Morgan fingerprint density at radius 1 is 1.11 bits per heavy atom. The monoisotopic (exact) mass is 286 g/mol. The second-order valence-electron chi connectivity index (χ2n) is 5.79. The maximum absolute atomic E-state index is 10.5. The predicted octanol–water partition coefficient (Wildman–Crippen LogP) is 5.10. The van der Waals surface area contributed by atoms with Crippen LogP contribution in [0, 0.1) is 17.8 Å². The van der Waals surface area contributed by atoms with Gasteiger partial charge in [-0.15, -0.1) is 0 Å². The van der Waals surface area contributed by atoms with E-state index in [0.717, 1.165) is 18.4 Å². The Hall–Kier alpha value is -0.240. The van der Waals surface area contributed by atoms with E-state index in [2.05, 4.69) is 13.8 Å². The molecule has 2 rings (SSSR count). The smallest absolute Gasteiger partial charge is 0.0832 e. The lowest BCUT2D eigenvalue weighted by Gasteiger charge is -2.34. The normalized spacial score (nSPS) is 30.2. The number of rotatable bonds is 2. The minimum Gasteiger partial charge on any atom is -0.388 e. The molecule has 0 aromatic heterocycles. The number of halogens is 2. The molecule has 0 spiro atoms. The van der Waals surface area contributed by atoms with Crippen LogP contribution in [0.25, 0.3) is 0 Å². The highest BCUT2D eigenvalue weighted by Crippen LogP contribution is 2.41. The van der Waals surface area contributed by atoms with Gasteiger partial charge in [-0.3, -0.25) is 0 Å². The second-order valence-corrected chi connectivity index (χ2v) is 6.63. The molecule has 1 N–H and O–H groups in total. The molecule has 0 aliphatic heterocycles. The molecule has 0 bridgehead atoms. The van der Waals surface area contributed by atoms with Crippen molar-refractivity contribution in [3.8, 4) is 0 Å². The first-order chi connectivity index (χ1) is 8.47. The molecule has 1 aromatic rings. The SMILES string of the molecule is CC1CC(C)CC(C(O)c2ccc(Cl)cc2Cl)C1. The molecular weight excluding hydrogens is 267 g/mol. The third kappa shape index (κ3) is 3.20. The van der Waals surface area contributed by atoms with E-state index in [-0.39, 0.29) is 0 Å². The van der Waals surface area contributed by atoms with Gasteiger partial charge in [0, 0.05) is 10.0 Å². The van der Waals surface area contributed by atoms with Gasteiger partial charge in [0.05, 0.1) is 6.10 Å². The van der Waals surface area contributed by atoms with Crippen LogP contribution in [0.4, 0.5) is 0 Å². The first-order valence-corrected chi connectivity index (χ1v) is 7.36. The highest BCUT2D eigenvalue weighted by atomic mass is 35.5. The summed E-state index contributed by atoms with van der Waals surface area (Å²) < 4.78 is 0. The van der Waals surface area contributed by atoms with E-state index in [1.165, 1.54) is 6.42 Å². The van der Waals surface area contributed by atoms with Gasteiger partial charge in [-0.2, -0.15) is 0 Å². The topological polar surface area (TPSA) is 20.2 Å². The number of aliphatic hydroxyl groups is 1. The van der Waals surface area contributed by atoms with Crippen LogP contribution in [0.1, 0.15) is 44.8 Å². The highest BCUT2D eigenvalue weighted by molar-refractivity contribution is 6.35. The van der Waals surface area contributed by atoms with Crippen molar-refractivity contribution in [2.45, 2.75) is 39.2 Å². The third-order valence-electron chi connectivity index (χ3n) is 3.94. The fourth-order valence-electron chi connectivity index (χ4n) is 3.26. The minimum absolute atomic E-state index is 0.308. The molecule has 0 heterocycles. The predicted molar refractivity (Wildman–Crippen MR) is 77.1 cm³/mol. The summed E-state index contributed by atoms with van der Waals surface area (Å²) in [7, 11) is 0. The van der Waals surface area contributed by atoms with E-state index < -0.39 is 6.10 Å². The van der Waals surface area contributed by atoms with Gasteiger partial charge in [0.25, 0.3) is 0 Å². The van der Waals surface area contributed by atoms with Crippen LogP contribution in [-0.4, -0.2) is 5.11 Å². The third-order valence-corrected chi connectivity index (χ3v) is 4.51. The number of benzene rings is 1. The van der Waals surface area contributed by atoms with E-state index in [0.29, 0.717) is 27.8 Å². The fraction of sp³-hybridized carbons (Fsp3) is 0.600. The van der Waals surface area contributed by atoms with Crippen LogP contribution in [-0.2, 0) is 0 Å². The van der Waals surface area contributed by atoms with Crippen molar-refractivity contribution >= 4 is 23.2 Å². The summed E-state index contributed by atoms with van der Waals surface area (Å²) in [6.45, 7) is 4.53. The Labute approximate surface area is 119 Å². The Kier molecular flexibility index (Phi) is 4.58. The van der Waals surface area contributed by atoms with E-state index in [1.807, 2.05) is 6.07 Å². The first-order valence-electron chi connectivity index (χ1n) is 6.60. The highest BCUT2D eigenvalue weighted by Gasteiger charge is 2.30. The van der Waals surface area contributed by atoms with Crippen LogP contribution in [0.15, 0.2) is 18.2 Å². The lowest BCUT2D eigenvalue weighted by molar-refractivity contribution is 0.0552. The summed E-state index contributed by atoms with van der Waals surface area (Å²) in [5.41, 5.74) is 0.812. The average molecular weight is 287 g/mol. The van der Waals surface area contributed by atoms with Crippen molar-refractivity contribution in [2.24, 2.45) is 17.8 Å². The van der Waals surface area contributed by atoms with Crippen LogP contribution in [0.5, 0.6) is 0 Å². The maximum atomic E-state index is 10.5. The maximum Gasteiger partial charge on any atom is 0.0832 e. The van der Waals surface area contributed by atoms with E-state index >= 15 is 0 Å². The van der Waals surface area contributed by atoms with Gasteiger partial charge in [-0.1, -0.05) is 43.1 Å². The number of hydrogen-bond acceptors (Lipinski definition) is 1. The van der Waals surface area contributed by atoms with Crippen molar-refractivity contribution in [3.63, 3.8) is 0 Å². The average Bonchev–Trinajstić information content (AvgIpc) is 2.26. The molecule has 0 saturated heterocycles. The van der Waals surface area contributed by atoms with Crippen LogP contribution < -0.4 is 0 Å². The Balaban J connectivity index is 2.17. The molecule has 100 valence electrons. The summed E-state index contributed by atoms with van der Waals surface area (Å²) >= 11 is 12.1. The van der Waals surface area contributed by atoms with Gasteiger partial charge < -0.3 is 5.11 Å². The molecule has 1 saturated carbocycles. The standard InChI is InChI=1S/C15H20Cl2O/c1-9-5-10(2)7-11(6-9)15(18)13-4-3-12(16)8-14(13)17/h3-4,8-11,15,18H,5-7H2,1-2H3. The van der Waals surface area contributed by atoms with Gasteiger partial charge in [0.15, 0.2) is 0 Å². The van der Waals surface area contributed by atoms with E-state index in [1.54, 1.807) is 12.1 Å². The molecule has 1 aromatic carbocycles.